The molecule has 3 aromatic rings. The maximum Gasteiger partial charge on any atom is 0.226 e. The smallest absolute Gasteiger partial charge is 0.226 e. The van der Waals surface area contributed by atoms with E-state index in [4.69, 9.17) is 19.0 Å². The van der Waals surface area contributed by atoms with Gasteiger partial charge in [-0.05, 0) is 56.2 Å². The summed E-state index contributed by atoms with van der Waals surface area (Å²) in [6, 6.07) is 6.42. The number of benzene rings is 1. The molecule has 1 N–H and O–H groups in total. The van der Waals surface area contributed by atoms with E-state index in [-0.39, 0.29) is 6.10 Å². The van der Waals surface area contributed by atoms with Crippen molar-refractivity contribution in [1.29, 1.82) is 0 Å². The van der Waals surface area contributed by atoms with Crippen LogP contribution in [-0.4, -0.2) is 40.5 Å². The zero-order chi connectivity index (χ0) is 20.5. The van der Waals surface area contributed by atoms with Crippen molar-refractivity contribution in [2.24, 2.45) is 5.92 Å². The molecule has 3 heterocycles. The first-order valence-corrected chi connectivity index (χ1v) is 10.9. The molecular formula is C23H28N4O3. The van der Waals surface area contributed by atoms with Gasteiger partial charge >= 0.3 is 0 Å². The predicted molar refractivity (Wildman–Crippen MR) is 115 cm³/mol. The minimum absolute atomic E-state index is 0.0167. The van der Waals surface area contributed by atoms with Crippen LogP contribution in [-0.2, 0) is 4.74 Å². The Kier molecular flexibility index (Phi) is 5.29. The van der Waals surface area contributed by atoms with Crippen LogP contribution in [0.15, 0.2) is 28.9 Å². The monoisotopic (exact) mass is 408 g/mol. The van der Waals surface area contributed by atoms with Crippen LogP contribution in [0.25, 0.3) is 22.1 Å². The molecule has 1 saturated heterocycles. The molecule has 1 aromatic carbocycles. The lowest BCUT2D eigenvalue weighted by Crippen LogP contribution is -2.26. The molecule has 0 radical (unpaired) electrons. The van der Waals surface area contributed by atoms with Gasteiger partial charge in [-0.15, -0.1) is 0 Å². The first-order chi connectivity index (χ1) is 14.7. The molecule has 1 aliphatic carbocycles. The molecular weight excluding hydrogens is 380 g/mol. The number of aromatic nitrogens is 3. The van der Waals surface area contributed by atoms with Crippen LogP contribution in [0.3, 0.4) is 0 Å². The summed E-state index contributed by atoms with van der Waals surface area (Å²) in [4.78, 5) is 9.40. The number of nitrogens with one attached hydrogen (secondary N) is 1. The fraction of sp³-hybridized carbons (Fsp3) is 0.522. The van der Waals surface area contributed by atoms with E-state index in [0.717, 1.165) is 59.6 Å². The molecule has 1 aliphatic heterocycles. The second-order valence-corrected chi connectivity index (χ2v) is 8.60. The Morgan fingerprint density at radius 2 is 2.00 bits per heavy atom. The number of ether oxygens (including phenoxy) is 2. The van der Waals surface area contributed by atoms with Gasteiger partial charge in [0.2, 0.25) is 11.8 Å². The Hall–Kier alpha value is -2.67. The van der Waals surface area contributed by atoms with Gasteiger partial charge in [-0.3, -0.25) is 0 Å². The Morgan fingerprint density at radius 1 is 1.13 bits per heavy atom. The van der Waals surface area contributed by atoms with Gasteiger partial charge in [0.05, 0.1) is 24.5 Å². The lowest BCUT2D eigenvalue weighted by molar-refractivity contribution is 0.138. The predicted octanol–water partition coefficient (Wildman–Crippen LogP) is 4.75. The quantitative estimate of drug-likeness (QED) is 0.652. The van der Waals surface area contributed by atoms with Gasteiger partial charge in [-0.2, -0.15) is 4.98 Å². The number of fused-ring (bicyclic) bond motifs is 1. The van der Waals surface area contributed by atoms with Crippen molar-refractivity contribution >= 4 is 16.9 Å². The molecule has 7 nitrogen and oxygen atoms in total. The molecule has 0 unspecified atom stereocenters. The molecule has 30 heavy (non-hydrogen) atoms. The van der Waals surface area contributed by atoms with Gasteiger partial charge in [-0.1, -0.05) is 18.1 Å². The highest BCUT2D eigenvalue weighted by atomic mass is 16.5. The number of rotatable bonds is 5. The van der Waals surface area contributed by atoms with Gasteiger partial charge in [0, 0.05) is 24.0 Å². The van der Waals surface area contributed by atoms with Crippen LogP contribution < -0.4 is 10.1 Å². The zero-order valence-corrected chi connectivity index (χ0v) is 17.6. The van der Waals surface area contributed by atoms with E-state index in [1.807, 2.05) is 25.3 Å². The van der Waals surface area contributed by atoms with Gasteiger partial charge in [-0.25, -0.2) is 4.98 Å². The summed E-state index contributed by atoms with van der Waals surface area (Å²) in [6.07, 6.45) is 7.55. The Bertz CT molecular complexity index is 1020. The lowest BCUT2D eigenvalue weighted by atomic mass is 9.87. The number of aryl methyl sites for hydroxylation is 1. The van der Waals surface area contributed by atoms with Crippen molar-refractivity contribution in [2.45, 2.75) is 58.1 Å². The summed E-state index contributed by atoms with van der Waals surface area (Å²) in [5, 5.41) is 8.57. The van der Waals surface area contributed by atoms with Crippen molar-refractivity contribution < 1.29 is 14.0 Å². The average Bonchev–Trinajstić information content (AvgIpc) is 3.40. The van der Waals surface area contributed by atoms with Crippen molar-refractivity contribution in [3.8, 4) is 17.0 Å². The normalized spacial score (nSPS) is 24.3. The highest BCUT2D eigenvalue weighted by molar-refractivity contribution is 5.85. The SMILES string of the molecule is Cc1noc2ccc(-c3cnc(NC4CCC(C)CC4)nc3O[C@@H]3CCOC3)cc12. The summed E-state index contributed by atoms with van der Waals surface area (Å²) < 4.78 is 17.1. The minimum Gasteiger partial charge on any atom is -0.471 e. The number of hydrogen-bond donors (Lipinski definition) is 1. The third-order valence-corrected chi connectivity index (χ3v) is 6.23. The van der Waals surface area contributed by atoms with E-state index < -0.39 is 0 Å². The second-order valence-electron chi connectivity index (χ2n) is 8.60. The summed E-state index contributed by atoms with van der Waals surface area (Å²) in [5.74, 6) is 2.04. The average molecular weight is 409 g/mol. The molecule has 0 spiro atoms. The molecule has 7 heteroatoms. The fourth-order valence-electron chi connectivity index (χ4n) is 4.30. The first-order valence-electron chi connectivity index (χ1n) is 10.9. The Morgan fingerprint density at radius 3 is 2.80 bits per heavy atom. The molecule has 2 aliphatic rings. The topological polar surface area (TPSA) is 82.3 Å². The molecule has 0 bridgehead atoms. The third kappa shape index (κ3) is 3.99. The van der Waals surface area contributed by atoms with E-state index >= 15 is 0 Å². The molecule has 2 aromatic heterocycles. The van der Waals surface area contributed by atoms with Crippen LogP contribution in [0.2, 0.25) is 0 Å². The molecule has 158 valence electrons. The van der Waals surface area contributed by atoms with Crippen molar-refractivity contribution in [3.05, 3.63) is 30.1 Å². The van der Waals surface area contributed by atoms with Crippen molar-refractivity contribution in [1.82, 2.24) is 15.1 Å². The minimum atomic E-state index is 0.0167. The number of anilines is 1. The van der Waals surface area contributed by atoms with Crippen molar-refractivity contribution in [2.75, 3.05) is 18.5 Å². The van der Waals surface area contributed by atoms with Gasteiger partial charge in [0.15, 0.2) is 5.58 Å². The maximum absolute atomic E-state index is 6.28. The van der Waals surface area contributed by atoms with E-state index in [9.17, 15) is 0 Å². The number of hydrogen-bond acceptors (Lipinski definition) is 7. The van der Waals surface area contributed by atoms with Gasteiger partial charge in [0.25, 0.3) is 0 Å². The summed E-state index contributed by atoms with van der Waals surface area (Å²) in [5.41, 5.74) is 3.49. The second kappa shape index (κ2) is 8.22. The molecule has 1 atom stereocenters. The molecule has 5 rings (SSSR count). The van der Waals surface area contributed by atoms with E-state index in [2.05, 4.69) is 28.4 Å². The molecule has 0 amide bonds. The Balaban J connectivity index is 1.46. The van der Waals surface area contributed by atoms with E-state index in [1.54, 1.807) is 0 Å². The van der Waals surface area contributed by atoms with Crippen LogP contribution in [0.1, 0.15) is 44.7 Å². The van der Waals surface area contributed by atoms with Gasteiger partial charge in [0.1, 0.15) is 6.10 Å². The summed E-state index contributed by atoms with van der Waals surface area (Å²) in [6.45, 7) is 5.58. The van der Waals surface area contributed by atoms with Crippen molar-refractivity contribution in [3.63, 3.8) is 0 Å². The zero-order valence-electron chi connectivity index (χ0n) is 17.6. The fourth-order valence-corrected chi connectivity index (χ4v) is 4.30. The lowest BCUT2D eigenvalue weighted by Gasteiger charge is -2.27. The largest absolute Gasteiger partial charge is 0.471 e. The van der Waals surface area contributed by atoms with Crippen LogP contribution in [0, 0.1) is 12.8 Å². The van der Waals surface area contributed by atoms with E-state index in [1.165, 1.54) is 12.8 Å². The van der Waals surface area contributed by atoms with Crippen LogP contribution in [0.5, 0.6) is 5.88 Å². The first kappa shape index (κ1) is 19.3. The van der Waals surface area contributed by atoms with Crippen LogP contribution in [0.4, 0.5) is 5.95 Å². The Labute approximate surface area is 176 Å². The summed E-state index contributed by atoms with van der Waals surface area (Å²) >= 11 is 0. The molecule has 2 fully saturated rings. The standard InChI is InChI=1S/C23H28N4O3/c1-14-3-6-17(7-4-14)25-23-24-12-20(22(26-23)29-18-9-10-28-13-18)16-5-8-21-19(11-16)15(2)27-30-21/h5,8,11-12,14,17-18H,3-4,6-7,9-10,13H2,1-2H3,(H,24,25,26)/t14?,17?,18-/m1/s1. The third-order valence-electron chi connectivity index (χ3n) is 6.23. The number of nitrogens with zero attached hydrogens (tertiary/aromatic N) is 3. The highest BCUT2D eigenvalue weighted by Gasteiger charge is 2.23. The summed E-state index contributed by atoms with van der Waals surface area (Å²) in [7, 11) is 0. The molecule has 1 saturated carbocycles. The van der Waals surface area contributed by atoms with Crippen LogP contribution >= 0.6 is 0 Å². The highest BCUT2D eigenvalue weighted by Crippen LogP contribution is 2.34. The maximum atomic E-state index is 6.28. The van der Waals surface area contributed by atoms with E-state index in [0.29, 0.717) is 24.5 Å². The van der Waals surface area contributed by atoms with Gasteiger partial charge < -0.3 is 19.3 Å².